The molecule has 2 heterocycles. The molecule has 1 unspecified atom stereocenters. The van der Waals surface area contributed by atoms with Crippen molar-refractivity contribution in [2.24, 2.45) is 0 Å². The van der Waals surface area contributed by atoms with E-state index in [0.717, 1.165) is 0 Å². The standard InChI is InChI=1S/C22H26ClF3N3O9P/c1-11(2)36-19(32)12(3)28-39(34,38-13-7-5-4-6-8-13)35-10-22(20(25)26)16(30)15(24)18(37-22)29-9-14(23)17(31)27-21(29)33/h4-9,11-12,15-16,18,20,30H,10H2,1-3H3,(H,28,34)(H,27,31,33)/t12-,15-,16-,18+,22+,39?/m0/s1. The molecule has 1 aliphatic heterocycles. The van der Waals surface area contributed by atoms with Crippen LogP contribution in [0.1, 0.15) is 27.0 Å². The number of nitrogens with one attached hydrogen (secondary N) is 2. The topological polar surface area (TPSA) is 158 Å². The second kappa shape index (κ2) is 12.2. The van der Waals surface area contributed by atoms with Gasteiger partial charge in [-0.05, 0) is 32.9 Å². The van der Waals surface area contributed by atoms with Crippen LogP contribution in [0.3, 0.4) is 0 Å². The molecule has 0 bridgehead atoms. The monoisotopic (exact) mass is 599 g/mol. The Labute approximate surface area is 224 Å². The van der Waals surface area contributed by atoms with Crippen molar-refractivity contribution < 1.29 is 46.2 Å². The Kier molecular flexibility index (Phi) is 9.68. The Bertz CT molecular complexity index is 1330. The van der Waals surface area contributed by atoms with Crippen LogP contribution in [0.25, 0.3) is 0 Å². The van der Waals surface area contributed by atoms with E-state index in [9.17, 15) is 32.8 Å². The molecule has 3 rings (SSSR count). The van der Waals surface area contributed by atoms with Crippen LogP contribution in [0.5, 0.6) is 5.75 Å². The molecule has 2 aromatic rings. The summed E-state index contributed by atoms with van der Waals surface area (Å²) in [6, 6.07) is 6.01. The summed E-state index contributed by atoms with van der Waals surface area (Å²) in [5, 5.41) is 12.2. The van der Waals surface area contributed by atoms with Crippen molar-refractivity contribution in [2.45, 2.75) is 63.4 Å². The van der Waals surface area contributed by atoms with E-state index in [-0.39, 0.29) is 5.75 Å². The molecule has 12 nitrogen and oxygen atoms in total. The minimum Gasteiger partial charge on any atom is -0.462 e. The van der Waals surface area contributed by atoms with Gasteiger partial charge in [-0.2, -0.15) is 5.09 Å². The first-order valence-corrected chi connectivity index (χ1v) is 13.4. The van der Waals surface area contributed by atoms with Crippen LogP contribution in [0.4, 0.5) is 13.2 Å². The lowest BCUT2D eigenvalue weighted by Crippen LogP contribution is -2.52. The van der Waals surface area contributed by atoms with Crippen LogP contribution in [0.2, 0.25) is 5.02 Å². The van der Waals surface area contributed by atoms with E-state index in [1.807, 2.05) is 0 Å². The molecule has 39 heavy (non-hydrogen) atoms. The number of para-hydroxylation sites is 1. The van der Waals surface area contributed by atoms with Gasteiger partial charge in [0.1, 0.15) is 22.9 Å². The minimum absolute atomic E-state index is 0.0487. The summed E-state index contributed by atoms with van der Waals surface area (Å²) < 4.78 is 78.6. The van der Waals surface area contributed by atoms with Gasteiger partial charge >= 0.3 is 19.4 Å². The van der Waals surface area contributed by atoms with Crippen LogP contribution >= 0.6 is 19.3 Å². The van der Waals surface area contributed by atoms with Crippen LogP contribution in [-0.2, 0) is 23.4 Å². The third-order valence-corrected chi connectivity index (χ3v) is 7.36. The number of aliphatic hydroxyl groups excluding tert-OH is 1. The van der Waals surface area contributed by atoms with Gasteiger partial charge in [-0.1, -0.05) is 29.8 Å². The summed E-state index contributed by atoms with van der Waals surface area (Å²) in [5.74, 6) is -0.920. The van der Waals surface area contributed by atoms with Crippen molar-refractivity contribution >= 4 is 25.3 Å². The minimum atomic E-state index is -4.73. The number of aromatic nitrogens is 2. The molecule has 0 saturated carbocycles. The molecule has 1 aromatic carbocycles. The van der Waals surface area contributed by atoms with Gasteiger partial charge in [-0.25, -0.2) is 22.5 Å². The Morgan fingerprint density at radius 3 is 2.51 bits per heavy atom. The summed E-state index contributed by atoms with van der Waals surface area (Å²) in [4.78, 5) is 37.7. The number of hydrogen-bond donors (Lipinski definition) is 3. The molecule has 6 atom stereocenters. The van der Waals surface area contributed by atoms with Crippen LogP contribution in [0, 0.1) is 0 Å². The van der Waals surface area contributed by atoms with E-state index < -0.39 is 79.3 Å². The van der Waals surface area contributed by atoms with E-state index in [2.05, 4.69) is 5.09 Å². The number of ether oxygens (including phenoxy) is 2. The van der Waals surface area contributed by atoms with Crippen LogP contribution in [0.15, 0.2) is 46.1 Å². The molecule has 0 spiro atoms. The lowest BCUT2D eigenvalue weighted by molar-refractivity contribution is -0.192. The first kappa shape index (κ1) is 30.9. The molecule has 0 aliphatic carbocycles. The van der Waals surface area contributed by atoms with Gasteiger partial charge in [0.15, 0.2) is 18.0 Å². The molecule has 1 fully saturated rings. The fourth-order valence-electron chi connectivity index (χ4n) is 3.53. The number of aliphatic hydroxyl groups is 1. The number of aromatic amines is 1. The smallest absolute Gasteiger partial charge is 0.459 e. The molecule has 1 saturated heterocycles. The highest BCUT2D eigenvalue weighted by molar-refractivity contribution is 7.52. The largest absolute Gasteiger partial charge is 0.462 e. The predicted octanol–water partition coefficient (Wildman–Crippen LogP) is 2.56. The number of H-pyrrole nitrogens is 1. The summed E-state index contributed by atoms with van der Waals surface area (Å²) in [5.41, 5.74) is -5.46. The normalized spacial score (nSPS) is 25.4. The number of carbonyl (C=O) groups excluding carboxylic acids is 1. The molecule has 0 radical (unpaired) electrons. The highest BCUT2D eigenvalue weighted by atomic mass is 35.5. The number of halogens is 4. The first-order chi connectivity index (χ1) is 18.2. The summed E-state index contributed by atoms with van der Waals surface area (Å²) in [7, 11) is -4.73. The first-order valence-electron chi connectivity index (χ1n) is 11.5. The van der Waals surface area contributed by atoms with Crippen LogP contribution in [-0.4, -0.2) is 63.7 Å². The Morgan fingerprint density at radius 1 is 1.28 bits per heavy atom. The van der Waals surface area contributed by atoms with Crippen molar-refractivity contribution in [3.63, 3.8) is 0 Å². The number of rotatable bonds is 11. The van der Waals surface area contributed by atoms with Crippen molar-refractivity contribution in [1.82, 2.24) is 14.6 Å². The molecule has 1 aliphatic rings. The van der Waals surface area contributed by atoms with Crippen LogP contribution < -0.4 is 20.9 Å². The number of benzene rings is 1. The SMILES string of the molecule is CC(C)OC(=O)[C@H](C)NP(=O)(OC[C@@]1(C(F)F)O[C@@H](n2cc(Cl)c(=O)[nH]c2=O)[C@@H](F)[C@@H]1O)Oc1ccccc1. The number of alkyl halides is 3. The average Bonchev–Trinajstić information content (AvgIpc) is 3.11. The molecule has 1 aromatic heterocycles. The summed E-state index contributed by atoms with van der Waals surface area (Å²) in [6.45, 7) is 2.95. The molecule has 3 N–H and O–H groups in total. The van der Waals surface area contributed by atoms with Gasteiger partial charge in [-0.3, -0.25) is 23.7 Å². The van der Waals surface area contributed by atoms with Gasteiger partial charge in [0.25, 0.3) is 12.0 Å². The van der Waals surface area contributed by atoms with Gasteiger partial charge in [-0.15, -0.1) is 0 Å². The fraction of sp³-hybridized carbons (Fsp3) is 0.500. The van der Waals surface area contributed by atoms with Crippen molar-refractivity contribution in [1.29, 1.82) is 0 Å². The third-order valence-electron chi connectivity index (χ3n) is 5.47. The molecule has 216 valence electrons. The Hall–Kier alpha value is -2.68. The van der Waals surface area contributed by atoms with E-state index >= 15 is 4.39 Å². The van der Waals surface area contributed by atoms with Crippen molar-refractivity contribution in [3.8, 4) is 5.75 Å². The van der Waals surface area contributed by atoms with E-state index in [1.165, 1.54) is 31.2 Å². The Balaban J connectivity index is 1.92. The second-order valence-electron chi connectivity index (χ2n) is 8.81. The summed E-state index contributed by atoms with van der Waals surface area (Å²) >= 11 is 5.67. The second-order valence-corrected chi connectivity index (χ2v) is 10.9. The van der Waals surface area contributed by atoms with Crippen molar-refractivity contribution in [3.05, 3.63) is 62.4 Å². The number of carbonyl (C=O) groups is 1. The van der Waals surface area contributed by atoms with Gasteiger partial charge in [0.05, 0.1) is 12.7 Å². The van der Waals surface area contributed by atoms with Crippen molar-refractivity contribution in [2.75, 3.05) is 6.61 Å². The van der Waals surface area contributed by atoms with E-state index in [0.29, 0.717) is 10.8 Å². The predicted molar refractivity (Wildman–Crippen MR) is 131 cm³/mol. The van der Waals surface area contributed by atoms with Gasteiger partial charge in [0, 0.05) is 6.20 Å². The van der Waals surface area contributed by atoms with Gasteiger partial charge < -0.3 is 19.1 Å². The number of nitrogens with zero attached hydrogens (tertiary/aromatic N) is 1. The van der Waals surface area contributed by atoms with Gasteiger partial charge in [0.2, 0.25) is 0 Å². The highest BCUT2D eigenvalue weighted by Crippen LogP contribution is 2.49. The Morgan fingerprint density at radius 2 is 1.92 bits per heavy atom. The maximum absolute atomic E-state index is 15.1. The number of esters is 1. The zero-order valence-electron chi connectivity index (χ0n) is 20.8. The molecule has 0 amide bonds. The quantitative estimate of drug-likeness (QED) is 0.259. The lowest BCUT2D eigenvalue weighted by atomic mass is 9.97. The lowest BCUT2D eigenvalue weighted by Gasteiger charge is -2.32. The molecular formula is C22H26ClF3N3O9P. The maximum atomic E-state index is 15.1. The van der Waals surface area contributed by atoms with E-state index in [1.54, 1.807) is 24.9 Å². The fourth-order valence-corrected chi connectivity index (χ4v) is 5.21. The molecular weight excluding hydrogens is 574 g/mol. The zero-order valence-corrected chi connectivity index (χ0v) is 22.4. The third kappa shape index (κ3) is 6.91. The number of hydrogen-bond acceptors (Lipinski definition) is 9. The highest BCUT2D eigenvalue weighted by Gasteiger charge is 2.62. The molecule has 17 heteroatoms. The average molecular weight is 600 g/mol. The summed E-state index contributed by atoms with van der Waals surface area (Å²) in [6.07, 6.45) is -11.0. The van der Waals surface area contributed by atoms with E-state index in [4.69, 9.17) is 30.1 Å². The zero-order chi connectivity index (χ0) is 29.1. The maximum Gasteiger partial charge on any atom is 0.459 e.